The third-order valence-electron chi connectivity index (χ3n) is 2.99. The molecule has 0 bridgehead atoms. The summed E-state index contributed by atoms with van der Waals surface area (Å²) in [5, 5.41) is 7.02. The topological polar surface area (TPSA) is 45.8 Å². The van der Waals surface area contributed by atoms with Gasteiger partial charge in [0.1, 0.15) is 0 Å². The fourth-order valence-corrected chi connectivity index (χ4v) is 1.87. The minimum absolute atomic E-state index is 0.685. The van der Waals surface area contributed by atoms with Crippen LogP contribution in [0.5, 0.6) is 0 Å². The van der Waals surface area contributed by atoms with Crippen LogP contribution in [-0.2, 0) is 12.8 Å². The molecule has 1 aromatic heterocycles. The van der Waals surface area contributed by atoms with E-state index in [4.69, 9.17) is 0 Å². The molecule has 0 radical (unpaired) electrons. The van der Waals surface area contributed by atoms with Crippen molar-refractivity contribution in [1.29, 1.82) is 0 Å². The quantitative estimate of drug-likeness (QED) is 0.818. The zero-order valence-electron chi connectivity index (χ0n) is 10.2. The Kier molecular flexibility index (Phi) is 3.38. The van der Waals surface area contributed by atoms with Gasteiger partial charge in [-0.2, -0.15) is 5.10 Å². The van der Waals surface area contributed by atoms with Crippen LogP contribution in [-0.4, -0.2) is 16.5 Å². The van der Waals surface area contributed by atoms with Crippen molar-refractivity contribution in [2.45, 2.75) is 26.7 Å². The molecule has 0 amide bonds. The molecule has 0 saturated carbocycles. The monoisotopic (exact) mass is 228 g/mol. The second-order valence-corrected chi connectivity index (χ2v) is 4.17. The Hall–Kier alpha value is -1.90. The lowest BCUT2D eigenvalue weighted by Crippen LogP contribution is -1.94. The minimum atomic E-state index is 0.685. The standard InChI is InChI=1S/C14H16N2O/c1-3-11-4-6-12(7-5-11)8-14-13(9-17)10(2)15-16-14/h4-7,9H,3,8H2,1-2H3,(H,15,16). The van der Waals surface area contributed by atoms with Crippen molar-refractivity contribution in [2.24, 2.45) is 0 Å². The average Bonchev–Trinajstić information content (AvgIpc) is 2.71. The largest absolute Gasteiger partial charge is 0.298 e. The van der Waals surface area contributed by atoms with Crippen molar-refractivity contribution in [2.75, 3.05) is 0 Å². The maximum Gasteiger partial charge on any atom is 0.153 e. The molecule has 0 aliphatic carbocycles. The summed E-state index contributed by atoms with van der Waals surface area (Å²) in [6, 6.07) is 8.43. The zero-order valence-corrected chi connectivity index (χ0v) is 10.2. The average molecular weight is 228 g/mol. The number of H-pyrrole nitrogens is 1. The SMILES string of the molecule is CCc1ccc(Cc2n[nH]c(C)c2C=O)cc1. The number of aromatic amines is 1. The molecule has 2 aromatic rings. The number of hydrogen-bond donors (Lipinski definition) is 1. The van der Waals surface area contributed by atoms with E-state index < -0.39 is 0 Å². The normalized spacial score (nSPS) is 10.5. The van der Waals surface area contributed by atoms with Gasteiger partial charge in [0, 0.05) is 12.1 Å². The van der Waals surface area contributed by atoms with Gasteiger partial charge in [-0.05, 0) is 24.5 Å². The summed E-state index contributed by atoms with van der Waals surface area (Å²) in [6.45, 7) is 4.00. The van der Waals surface area contributed by atoms with E-state index in [-0.39, 0.29) is 0 Å². The summed E-state index contributed by atoms with van der Waals surface area (Å²) >= 11 is 0. The number of aldehydes is 1. The second-order valence-electron chi connectivity index (χ2n) is 4.17. The summed E-state index contributed by atoms with van der Waals surface area (Å²) in [4.78, 5) is 10.9. The van der Waals surface area contributed by atoms with Crippen molar-refractivity contribution < 1.29 is 4.79 Å². The third-order valence-corrected chi connectivity index (χ3v) is 2.99. The summed E-state index contributed by atoms with van der Waals surface area (Å²) in [7, 11) is 0. The van der Waals surface area contributed by atoms with Crippen molar-refractivity contribution in [3.05, 3.63) is 52.3 Å². The van der Waals surface area contributed by atoms with Crippen molar-refractivity contribution in [1.82, 2.24) is 10.2 Å². The van der Waals surface area contributed by atoms with Crippen LogP contribution in [0.1, 0.15) is 39.8 Å². The first-order valence-corrected chi connectivity index (χ1v) is 5.81. The minimum Gasteiger partial charge on any atom is -0.298 e. The first kappa shape index (κ1) is 11.6. The van der Waals surface area contributed by atoms with E-state index in [1.165, 1.54) is 11.1 Å². The number of aromatic nitrogens is 2. The van der Waals surface area contributed by atoms with Crippen LogP contribution in [0.25, 0.3) is 0 Å². The molecule has 0 spiro atoms. The highest BCUT2D eigenvalue weighted by Gasteiger charge is 2.09. The zero-order chi connectivity index (χ0) is 12.3. The van der Waals surface area contributed by atoms with Crippen LogP contribution in [0.3, 0.4) is 0 Å². The first-order valence-electron chi connectivity index (χ1n) is 5.81. The summed E-state index contributed by atoms with van der Waals surface area (Å²) in [5.41, 5.74) is 4.84. The van der Waals surface area contributed by atoms with Gasteiger partial charge in [0.15, 0.2) is 6.29 Å². The molecular formula is C14H16N2O. The fourth-order valence-electron chi connectivity index (χ4n) is 1.87. The van der Waals surface area contributed by atoms with E-state index in [0.717, 1.165) is 24.1 Å². The predicted molar refractivity (Wildman–Crippen MR) is 67.3 cm³/mol. The van der Waals surface area contributed by atoms with Gasteiger partial charge in [-0.25, -0.2) is 0 Å². The van der Waals surface area contributed by atoms with Gasteiger partial charge >= 0.3 is 0 Å². The van der Waals surface area contributed by atoms with Crippen LogP contribution in [0.2, 0.25) is 0 Å². The van der Waals surface area contributed by atoms with E-state index in [2.05, 4.69) is 41.4 Å². The number of rotatable bonds is 4. The van der Waals surface area contributed by atoms with Gasteiger partial charge in [-0.3, -0.25) is 9.89 Å². The highest BCUT2D eigenvalue weighted by Crippen LogP contribution is 2.14. The summed E-state index contributed by atoms with van der Waals surface area (Å²) < 4.78 is 0. The first-order chi connectivity index (χ1) is 8.24. The molecule has 0 aliphatic rings. The van der Waals surface area contributed by atoms with Gasteiger partial charge in [0.05, 0.1) is 11.3 Å². The molecule has 0 fully saturated rings. The molecule has 0 aliphatic heterocycles. The molecule has 1 aromatic carbocycles. The number of carbonyl (C=O) groups is 1. The number of hydrogen-bond acceptors (Lipinski definition) is 2. The van der Waals surface area contributed by atoms with E-state index >= 15 is 0 Å². The second kappa shape index (κ2) is 4.95. The maximum atomic E-state index is 10.9. The number of nitrogens with zero attached hydrogens (tertiary/aromatic N) is 1. The summed E-state index contributed by atoms with van der Waals surface area (Å²) in [5.74, 6) is 0. The lowest BCUT2D eigenvalue weighted by molar-refractivity contribution is 0.112. The highest BCUT2D eigenvalue weighted by molar-refractivity contribution is 5.78. The van der Waals surface area contributed by atoms with E-state index in [1.54, 1.807) is 0 Å². The van der Waals surface area contributed by atoms with Crippen LogP contribution in [0, 0.1) is 6.92 Å². The third kappa shape index (κ3) is 2.44. The number of benzene rings is 1. The fraction of sp³-hybridized carbons (Fsp3) is 0.286. The number of aryl methyl sites for hydroxylation is 2. The lowest BCUT2D eigenvalue weighted by atomic mass is 10.0. The van der Waals surface area contributed by atoms with Crippen LogP contribution >= 0.6 is 0 Å². The van der Waals surface area contributed by atoms with Gasteiger partial charge in [-0.15, -0.1) is 0 Å². The molecule has 2 rings (SSSR count). The molecule has 3 nitrogen and oxygen atoms in total. The molecule has 1 N–H and O–H groups in total. The maximum absolute atomic E-state index is 10.9. The van der Waals surface area contributed by atoms with E-state index in [1.807, 2.05) is 6.92 Å². The van der Waals surface area contributed by atoms with Crippen molar-refractivity contribution in [3.8, 4) is 0 Å². The van der Waals surface area contributed by atoms with Crippen LogP contribution < -0.4 is 0 Å². The molecule has 0 saturated heterocycles. The summed E-state index contributed by atoms with van der Waals surface area (Å²) in [6.07, 6.45) is 2.61. The highest BCUT2D eigenvalue weighted by atomic mass is 16.1. The molecule has 88 valence electrons. The molecule has 3 heteroatoms. The molecule has 0 atom stereocenters. The Labute approximate surface area is 101 Å². The van der Waals surface area contributed by atoms with E-state index in [9.17, 15) is 4.79 Å². The van der Waals surface area contributed by atoms with Crippen LogP contribution in [0.15, 0.2) is 24.3 Å². The number of nitrogens with one attached hydrogen (secondary N) is 1. The van der Waals surface area contributed by atoms with Crippen LogP contribution in [0.4, 0.5) is 0 Å². The van der Waals surface area contributed by atoms with Gasteiger partial charge < -0.3 is 0 Å². The molecule has 1 heterocycles. The smallest absolute Gasteiger partial charge is 0.153 e. The Morgan fingerprint density at radius 3 is 2.47 bits per heavy atom. The van der Waals surface area contributed by atoms with Gasteiger partial charge in [0.2, 0.25) is 0 Å². The van der Waals surface area contributed by atoms with E-state index in [0.29, 0.717) is 12.0 Å². The van der Waals surface area contributed by atoms with Crippen molar-refractivity contribution in [3.63, 3.8) is 0 Å². The predicted octanol–water partition coefficient (Wildman–Crippen LogP) is 2.68. The molecular weight excluding hydrogens is 212 g/mol. The number of carbonyl (C=O) groups excluding carboxylic acids is 1. The Bertz CT molecular complexity index is 512. The molecule has 0 unspecified atom stereocenters. The Morgan fingerprint density at radius 2 is 1.88 bits per heavy atom. The Balaban J connectivity index is 2.22. The molecule has 17 heavy (non-hydrogen) atoms. The van der Waals surface area contributed by atoms with Gasteiger partial charge in [-0.1, -0.05) is 31.2 Å². The van der Waals surface area contributed by atoms with Crippen molar-refractivity contribution >= 4 is 6.29 Å². The van der Waals surface area contributed by atoms with Gasteiger partial charge in [0.25, 0.3) is 0 Å². The Morgan fingerprint density at radius 1 is 1.24 bits per heavy atom. The lowest BCUT2D eigenvalue weighted by Gasteiger charge is -2.01.